The minimum absolute atomic E-state index is 0.193. The Labute approximate surface area is 127 Å². The number of rotatable bonds is 4. The van der Waals surface area contributed by atoms with Crippen LogP contribution in [-0.2, 0) is 10.8 Å². The zero-order valence-electron chi connectivity index (χ0n) is 13.5. The van der Waals surface area contributed by atoms with Crippen LogP contribution in [0, 0.1) is 5.82 Å². The summed E-state index contributed by atoms with van der Waals surface area (Å²) in [5.41, 5.74) is 0.969. The Bertz CT molecular complexity index is 634. The molecule has 0 aliphatic rings. The second-order valence-corrected chi connectivity index (χ2v) is 11.8. The maximum atomic E-state index is 13.7. The van der Waals surface area contributed by atoms with Gasteiger partial charge in [-0.2, -0.15) is 0 Å². The van der Waals surface area contributed by atoms with Crippen LogP contribution in [0.2, 0.25) is 18.1 Å². The lowest BCUT2D eigenvalue weighted by Crippen LogP contribution is -2.41. The van der Waals surface area contributed by atoms with Crippen LogP contribution in [0.1, 0.15) is 26.3 Å². The minimum atomic E-state index is -1.75. The van der Waals surface area contributed by atoms with Gasteiger partial charge in [0.05, 0.1) is 0 Å². The van der Waals surface area contributed by atoms with Gasteiger partial charge in [0.2, 0.25) is 0 Å². The molecule has 114 valence electrons. The van der Waals surface area contributed by atoms with Crippen LogP contribution < -0.4 is 0 Å². The first-order valence-electron chi connectivity index (χ1n) is 7.37. The highest BCUT2D eigenvalue weighted by Gasteiger charge is 2.36. The van der Waals surface area contributed by atoms with E-state index in [1.807, 2.05) is 6.07 Å². The van der Waals surface area contributed by atoms with E-state index in [-0.39, 0.29) is 10.9 Å². The molecule has 0 atom stereocenters. The first kappa shape index (κ1) is 16.1. The molecular weight excluding hydrogens is 281 g/mol. The average Bonchev–Trinajstić information content (AvgIpc) is 2.36. The number of hydrogen-bond acceptors (Lipinski definition) is 2. The van der Waals surface area contributed by atoms with Gasteiger partial charge in [0.1, 0.15) is 5.82 Å². The number of aromatic nitrogens is 1. The Hall–Kier alpha value is -1.26. The third kappa shape index (κ3) is 3.69. The Morgan fingerprint density at radius 2 is 1.95 bits per heavy atom. The van der Waals surface area contributed by atoms with Crippen molar-refractivity contribution in [2.24, 2.45) is 0 Å². The SMILES string of the molecule is CC(C)(C)[Si](C)(C)OCCc1cc(F)cc2ccncc12. The predicted molar refractivity (Wildman–Crippen MR) is 88.6 cm³/mol. The average molecular weight is 305 g/mol. The van der Waals surface area contributed by atoms with Gasteiger partial charge in [-0.05, 0) is 53.7 Å². The Kier molecular flexibility index (Phi) is 4.49. The zero-order valence-corrected chi connectivity index (χ0v) is 14.5. The molecule has 0 aliphatic carbocycles. The lowest BCUT2D eigenvalue weighted by molar-refractivity contribution is 0.292. The van der Waals surface area contributed by atoms with E-state index >= 15 is 0 Å². The summed E-state index contributed by atoms with van der Waals surface area (Å²) in [4.78, 5) is 4.14. The smallest absolute Gasteiger partial charge is 0.191 e. The molecule has 1 heterocycles. The van der Waals surface area contributed by atoms with Gasteiger partial charge in [-0.1, -0.05) is 20.8 Å². The fraction of sp³-hybridized carbons (Fsp3) is 0.471. The predicted octanol–water partition coefficient (Wildman–Crippen LogP) is 4.94. The van der Waals surface area contributed by atoms with E-state index < -0.39 is 8.32 Å². The summed E-state index contributed by atoms with van der Waals surface area (Å²) in [7, 11) is -1.75. The van der Waals surface area contributed by atoms with E-state index in [4.69, 9.17) is 4.43 Å². The van der Waals surface area contributed by atoms with Crippen LogP contribution in [0.4, 0.5) is 4.39 Å². The molecule has 0 radical (unpaired) electrons. The van der Waals surface area contributed by atoms with Crippen molar-refractivity contribution in [1.82, 2.24) is 4.98 Å². The maximum Gasteiger partial charge on any atom is 0.191 e. The van der Waals surface area contributed by atoms with E-state index in [1.54, 1.807) is 24.5 Å². The molecule has 0 fully saturated rings. The fourth-order valence-corrected chi connectivity index (χ4v) is 3.12. The highest BCUT2D eigenvalue weighted by atomic mass is 28.4. The molecule has 0 saturated carbocycles. The number of nitrogens with zero attached hydrogens (tertiary/aromatic N) is 1. The first-order chi connectivity index (χ1) is 9.71. The van der Waals surface area contributed by atoms with E-state index in [0.29, 0.717) is 13.0 Å². The van der Waals surface area contributed by atoms with E-state index in [9.17, 15) is 4.39 Å². The summed E-state index contributed by atoms with van der Waals surface area (Å²) in [5.74, 6) is -0.198. The lowest BCUT2D eigenvalue weighted by Gasteiger charge is -2.36. The van der Waals surface area contributed by atoms with Crippen LogP contribution in [-0.4, -0.2) is 19.9 Å². The number of pyridine rings is 1. The molecule has 4 heteroatoms. The van der Waals surface area contributed by atoms with Gasteiger partial charge in [-0.15, -0.1) is 0 Å². The molecule has 0 unspecified atom stereocenters. The number of fused-ring (bicyclic) bond motifs is 1. The van der Waals surface area contributed by atoms with Crippen molar-refractivity contribution in [3.63, 3.8) is 0 Å². The van der Waals surface area contributed by atoms with Crippen molar-refractivity contribution in [2.75, 3.05) is 6.61 Å². The molecule has 0 N–H and O–H groups in total. The van der Waals surface area contributed by atoms with Crippen molar-refractivity contribution in [3.8, 4) is 0 Å². The summed E-state index contributed by atoms with van der Waals surface area (Å²) in [6, 6.07) is 4.99. The molecule has 0 saturated heterocycles. The third-order valence-corrected chi connectivity index (χ3v) is 8.98. The van der Waals surface area contributed by atoms with Gasteiger partial charge >= 0.3 is 0 Å². The van der Waals surface area contributed by atoms with Gasteiger partial charge in [-0.3, -0.25) is 4.98 Å². The van der Waals surface area contributed by atoms with Gasteiger partial charge in [0.25, 0.3) is 0 Å². The molecule has 0 bridgehead atoms. The molecule has 2 nitrogen and oxygen atoms in total. The molecular formula is C17H24FNOSi. The van der Waals surface area contributed by atoms with Crippen LogP contribution >= 0.6 is 0 Å². The topological polar surface area (TPSA) is 22.1 Å². The van der Waals surface area contributed by atoms with E-state index in [0.717, 1.165) is 16.3 Å². The van der Waals surface area contributed by atoms with Gasteiger partial charge < -0.3 is 4.43 Å². The van der Waals surface area contributed by atoms with Crippen LogP contribution in [0.25, 0.3) is 10.8 Å². The molecule has 2 aromatic rings. The molecule has 1 aromatic heterocycles. The number of hydrogen-bond donors (Lipinski definition) is 0. The van der Waals surface area contributed by atoms with E-state index in [2.05, 4.69) is 38.8 Å². The van der Waals surface area contributed by atoms with Gasteiger partial charge in [0.15, 0.2) is 8.32 Å². The fourth-order valence-electron chi connectivity index (χ4n) is 2.07. The highest BCUT2D eigenvalue weighted by molar-refractivity contribution is 6.74. The Morgan fingerprint density at radius 3 is 2.62 bits per heavy atom. The second kappa shape index (κ2) is 5.85. The standard InChI is InChI=1S/C17H24FNOSi/c1-17(2,3)21(4,5)20-9-7-14-11-15(18)10-13-6-8-19-12-16(13)14/h6,8,10-12H,7,9H2,1-5H3. The molecule has 0 aliphatic heterocycles. The summed E-state index contributed by atoms with van der Waals surface area (Å²) >= 11 is 0. The van der Waals surface area contributed by atoms with Crippen LogP contribution in [0.3, 0.4) is 0 Å². The largest absolute Gasteiger partial charge is 0.416 e. The maximum absolute atomic E-state index is 13.7. The van der Waals surface area contributed by atoms with E-state index in [1.165, 1.54) is 0 Å². The monoisotopic (exact) mass is 305 g/mol. The summed E-state index contributed by atoms with van der Waals surface area (Å²) in [6.45, 7) is 11.8. The minimum Gasteiger partial charge on any atom is -0.416 e. The molecule has 21 heavy (non-hydrogen) atoms. The summed E-state index contributed by atoms with van der Waals surface area (Å²) < 4.78 is 19.9. The quantitative estimate of drug-likeness (QED) is 0.747. The lowest BCUT2D eigenvalue weighted by atomic mass is 10.0. The molecule has 0 spiro atoms. The molecule has 1 aromatic carbocycles. The van der Waals surface area contributed by atoms with Crippen molar-refractivity contribution < 1.29 is 8.82 Å². The van der Waals surface area contributed by atoms with Crippen LogP contribution in [0.15, 0.2) is 30.6 Å². The van der Waals surface area contributed by atoms with Crippen molar-refractivity contribution in [1.29, 1.82) is 0 Å². The normalized spacial score (nSPS) is 12.9. The van der Waals surface area contributed by atoms with Crippen LogP contribution in [0.5, 0.6) is 0 Å². The number of benzene rings is 1. The highest BCUT2D eigenvalue weighted by Crippen LogP contribution is 2.36. The molecule has 2 rings (SSSR count). The van der Waals surface area contributed by atoms with Crippen molar-refractivity contribution in [3.05, 3.63) is 42.0 Å². The summed E-state index contributed by atoms with van der Waals surface area (Å²) in [6.07, 6.45) is 4.21. The zero-order chi connectivity index (χ0) is 15.7. The molecule has 0 amide bonds. The Balaban J connectivity index is 2.14. The van der Waals surface area contributed by atoms with Crippen molar-refractivity contribution in [2.45, 2.75) is 45.3 Å². The first-order valence-corrected chi connectivity index (χ1v) is 10.3. The summed E-state index contributed by atoms with van der Waals surface area (Å²) in [5, 5.41) is 2.10. The number of halogens is 1. The van der Waals surface area contributed by atoms with Gasteiger partial charge in [-0.25, -0.2) is 4.39 Å². The Morgan fingerprint density at radius 1 is 1.24 bits per heavy atom. The third-order valence-electron chi connectivity index (χ3n) is 4.45. The van der Waals surface area contributed by atoms with Crippen molar-refractivity contribution >= 4 is 19.1 Å². The second-order valence-electron chi connectivity index (χ2n) is 7.02. The van der Waals surface area contributed by atoms with Gasteiger partial charge in [0, 0.05) is 24.4 Å².